The number of nitrogens with zero attached hydrogens (tertiary/aromatic N) is 1. The Bertz CT molecular complexity index is 798. The van der Waals surface area contributed by atoms with Gasteiger partial charge in [0.15, 0.2) is 5.79 Å². The van der Waals surface area contributed by atoms with Crippen molar-refractivity contribution in [3.63, 3.8) is 0 Å². The summed E-state index contributed by atoms with van der Waals surface area (Å²) in [7, 11) is 0. The molecule has 0 aliphatic carbocycles. The molecule has 5 heteroatoms. The molecule has 2 unspecified atom stereocenters. The smallest absolute Gasteiger partial charge is 0.198 e. The molecule has 150 valence electrons. The van der Waals surface area contributed by atoms with Gasteiger partial charge in [0.1, 0.15) is 0 Å². The second-order valence-electron chi connectivity index (χ2n) is 7.69. The number of ether oxygens (including phenoxy) is 2. The molecule has 0 saturated carbocycles. The zero-order chi connectivity index (χ0) is 20.1. The third-order valence-electron chi connectivity index (χ3n) is 5.27. The Hall–Kier alpha value is -2.08. The monoisotopic (exact) mass is 383 g/mol. The predicted molar refractivity (Wildman–Crippen MR) is 110 cm³/mol. The summed E-state index contributed by atoms with van der Waals surface area (Å²) in [6.45, 7) is 8.64. The van der Waals surface area contributed by atoms with Crippen molar-refractivity contribution in [2.45, 2.75) is 64.1 Å². The molecular weight excluding hydrogens is 354 g/mol. The molecule has 2 aliphatic heterocycles. The molecule has 0 amide bonds. The fourth-order valence-electron chi connectivity index (χ4n) is 3.99. The Balaban J connectivity index is 1.82. The fourth-order valence-corrected chi connectivity index (χ4v) is 3.99. The number of fused-ring (bicyclic) bond motifs is 2. The lowest BCUT2D eigenvalue weighted by Crippen LogP contribution is -2.44. The van der Waals surface area contributed by atoms with E-state index in [-0.39, 0.29) is 6.61 Å². The van der Waals surface area contributed by atoms with Gasteiger partial charge in [-0.15, -0.1) is 0 Å². The predicted octanol–water partition coefficient (Wildman–Crippen LogP) is 4.69. The molecule has 3 rings (SSSR count). The molecule has 1 aromatic carbocycles. The van der Waals surface area contributed by atoms with Crippen molar-refractivity contribution in [1.82, 2.24) is 0 Å². The van der Waals surface area contributed by atoms with Gasteiger partial charge in [0.2, 0.25) is 0 Å². The van der Waals surface area contributed by atoms with Crippen LogP contribution < -0.4 is 0 Å². The van der Waals surface area contributed by atoms with Crippen LogP contribution in [0.1, 0.15) is 49.8 Å². The molecule has 1 spiro atoms. The van der Waals surface area contributed by atoms with Gasteiger partial charge >= 0.3 is 0 Å². The second kappa shape index (κ2) is 8.95. The highest BCUT2D eigenvalue weighted by Crippen LogP contribution is 2.46. The lowest BCUT2D eigenvalue weighted by molar-refractivity contribution is -0.290. The van der Waals surface area contributed by atoms with E-state index in [9.17, 15) is 10.0 Å². The molecule has 1 N–H and O–H groups in total. The van der Waals surface area contributed by atoms with Crippen LogP contribution in [0.2, 0.25) is 0 Å². The standard InChI is InChI=1S/C23H29NO4/c1-4-5-6-16(2)9-17(3)10-18-7-8-19-15-27-23(22(19)11-18)13-20(24-26)12-21(14-25)28-23/h5-9,11,20-21,25H,3-4,10,12-15H2,1-2H3/b6-5-,16-9-/t20?,21?,23-/m1/s1. The molecule has 0 radical (unpaired) electrons. The largest absolute Gasteiger partial charge is 0.394 e. The summed E-state index contributed by atoms with van der Waals surface area (Å²) in [5, 5.41) is 12.8. The third kappa shape index (κ3) is 4.49. The molecule has 5 nitrogen and oxygen atoms in total. The summed E-state index contributed by atoms with van der Waals surface area (Å²) < 4.78 is 12.1. The highest BCUT2D eigenvalue weighted by atomic mass is 16.7. The lowest BCUT2D eigenvalue weighted by Gasteiger charge is -2.39. The number of hydrogen-bond donors (Lipinski definition) is 1. The molecule has 3 atom stereocenters. The van der Waals surface area contributed by atoms with Crippen LogP contribution in [0.15, 0.2) is 59.3 Å². The van der Waals surface area contributed by atoms with Gasteiger partial charge in [-0.2, -0.15) is 4.91 Å². The van der Waals surface area contributed by atoms with Gasteiger partial charge in [-0.05, 0) is 37.0 Å². The van der Waals surface area contributed by atoms with Gasteiger partial charge in [0.05, 0.1) is 25.4 Å². The van der Waals surface area contributed by atoms with Crippen LogP contribution in [-0.4, -0.2) is 23.9 Å². The molecule has 0 aromatic heterocycles. The molecule has 1 aromatic rings. The quantitative estimate of drug-likeness (QED) is 0.548. The van der Waals surface area contributed by atoms with Crippen LogP contribution in [0.5, 0.6) is 0 Å². The summed E-state index contributed by atoms with van der Waals surface area (Å²) >= 11 is 0. The van der Waals surface area contributed by atoms with E-state index >= 15 is 0 Å². The van der Waals surface area contributed by atoms with Gasteiger partial charge in [-0.25, -0.2) is 0 Å². The molecule has 1 fully saturated rings. The van der Waals surface area contributed by atoms with Crippen LogP contribution in [0, 0.1) is 4.91 Å². The van der Waals surface area contributed by atoms with Crippen LogP contribution in [0.4, 0.5) is 0 Å². The van der Waals surface area contributed by atoms with Gasteiger partial charge in [-0.3, -0.25) is 0 Å². The molecule has 1 saturated heterocycles. The summed E-state index contributed by atoms with van der Waals surface area (Å²) in [5.74, 6) is -0.994. The Morgan fingerprint density at radius 1 is 1.46 bits per heavy atom. The van der Waals surface area contributed by atoms with Crippen LogP contribution in [-0.2, 0) is 28.3 Å². The van der Waals surface area contributed by atoms with E-state index in [4.69, 9.17) is 9.47 Å². The first-order valence-electron chi connectivity index (χ1n) is 9.89. The Labute approximate surface area is 166 Å². The Kier molecular flexibility index (Phi) is 6.60. The molecule has 0 bridgehead atoms. The van der Waals surface area contributed by atoms with Gasteiger partial charge in [0, 0.05) is 18.4 Å². The zero-order valence-corrected chi connectivity index (χ0v) is 16.7. The van der Waals surface area contributed by atoms with Crippen molar-refractivity contribution >= 4 is 0 Å². The first kappa shape index (κ1) is 20.6. The molecular formula is C23H29NO4. The van der Waals surface area contributed by atoms with Crippen molar-refractivity contribution in [1.29, 1.82) is 0 Å². The average Bonchev–Trinajstić information content (AvgIpc) is 3.02. The first-order chi connectivity index (χ1) is 13.5. The highest BCUT2D eigenvalue weighted by molar-refractivity contribution is 5.41. The summed E-state index contributed by atoms with van der Waals surface area (Å²) in [6.07, 6.45) is 8.42. The Morgan fingerprint density at radius 3 is 3.00 bits per heavy atom. The molecule has 2 aliphatic rings. The maximum atomic E-state index is 11.2. The van der Waals surface area contributed by atoms with Gasteiger partial charge < -0.3 is 14.6 Å². The summed E-state index contributed by atoms with van der Waals surface area (Å²) in [6, 6.07) is 5.79. The van der Waals surface area contributed by atoms with E-state index in [1.165, 1.54) is 5.57 Å². The van der Waals surface area contributed by atoms with Crippen molar-refractivity contribution in [3.05, 3.63) is 75.7 Å². The minimum atomic E-state index is -0.994. The van der Waals surface area contributed by atoms with Crippen molar-refractivity contribution < 1.29 is 14.6 Å². The number of aliphatic hydroxyl groups excluding tert-OH is 1. The number of allylic oxidation sites excluding steroid dienone is 5. The van der Waals surface area contributed by atoms with E-state index in [2.05, 4.69) is 62.0 Å². The Morgan fingerprint density at radius 2 is 2.29 bits per heavy atom. The third-order valence-corrected chi connectivity index (χ3v) is 5.27. The van der Waals surface area contributed by atoms with Crippen LogP contribution in [0.3, 0.4) is 0 Å². The topological polar surface area (TPSA) is 68.1 Å². The molecule has 2 heterocycles. The lowest BCUT2D eigenvalue weighted by atomic mass is 9.89. The fraction of sp³-hybridized carbons (Fsp3) is 0.478. The van der Waals surface area contributed by atoms with Gasteiger partial charge in [0.25, 0.3) is 0 Å². The maximum absolute atomic E-state index is 11.2. The number of nitroso groups, excluding NO2 is 1. The van der Waals surface area contributed by atoms with Gasteiger partial charge in [-0.1, -0.05) is 60.2 Å². The van der Waals surface area contributed by atoms with Crippen LogP contribution >= 0.6 is 0 Å². The minimum absolute atomic E-state index is 0.154. The molecule has 28 heavy (non-hydrogen) atoms. The van der Waals surface area contributed by atoms with E-state index in [0.717, 1.165) is 35.1 Å². The number of benzene rings is 1. The number of aliphatic hydroxyl groups is 1. The number of hydrogen-bond acceptors (Lipinski definition) is 5. The van der Waals surface area contributed by atoms with Crippen molar-refractivity contribution in [3.8, 4) is 0 Å². The maximum Gasteiger partial charge on any atom is 0.198 e. The first-order valence-corrected chi connectivity index (χ1v) is 9.89. The zero-order valence-electron chi connectivity index (χ0n) is 16.7. The van der Waals surface area contributed by atoms with Crippen LogP contribution in [0.25, 0.3) is 0 Å². The summed E-state index contributed by atoms with van der Waals surface area (Å²) in [4.78, 5) is 11.2. The van der Waals surface area contributed by atoms with E-state index in [0.29, 0.717) is 19.4 Å². The number of rotatable bonds is 7. The van der Waals surface area contributed by atoms with E-state index in [1.807, 2.05) is 0 Å². The normalized spacial score (nSPS) is 27.3. The van der Waals surface area contributed by atoms with E-state index < -0.39 is 17.9 Å². The minimum Gasteiger partial charge on any atom is -0.394 e. The van der Waals surface area contributed by atoms with Crippen molar-refractivity contribution in [2.24, 2.45) is 5.18 Å². The van der Waals surface area contributed by atoms with Crippen molar-refractivity contribution in [2.75, 3.05) is 6.61 Å². The average molecular weight is 383 g/mol. The highest BCUT2D eigenvalue weighted by Gasteiger charge is 2.48. The van der Waals surface area contributed by atoms with E-state index in [1.54, 1.807) is 0 Å². The summed E-state index contributed by atoms with van der Waals surface area (Å²) in [5.41, 5.74) is 5.30. The second-order valence-corrected chi connectivity index (χ2v) is 7.69. The SMILES string of the molecule is C=C(/C=C(C)\C=C/CC)Cc1ccc2c(c1)[C@]1(CC(N=O)CC(CO)O1)OC2.